The number of carbonyl (C=O) groups excluding carboxylic acids is 1. The molecule has 1 aromatic carbocycles. The molecule has 2 rings (SSSR count). The van der Waals surface area contributed by atoms with E-state index >= 15 is 0 Å². The van der Waals surface area contributed by atoms with Crippen molar-refractivity contribution in [3.8, 4) is 0 Å². The highest BCUT2D eigenvalue weighted by molar-refractivity contribution is 9.10. The molecule has 1 aliphatic rings. The molecule has 0 saturated carbocycles. The number of carbonyl (C=O) groups is 1. The van der Waals surface area contributed by atoms with Crippen LogP contribution in [0.2, 0.25) is 0 Å². The molecule has 1 fully saturated rings. The molecule has 1 aromatic rings. The van der Waals surface area contributed by atoms with Gasteiger partial charge in [0.05, 0.1) is 6.04 Å². The van der Waals surface area contributed by atoms with Crippen molar-refractivity contribution in [3.05, 3.63) is 34.3 Å². The molecule has 0 bridgehead atoms. The first-order chi connectivity index (χ1) is 9.58. The van der Waals surface area contributed by atoms with E-state index < -0.39 is 0 Å². The van der Waals surface area contributed by atoms with Crippen LogP contribution in [0.15, 0.2) is 28.7 Å². The number of nitrogens with one attached hydrogen (secondary N) is 1. The standard InChI is InChI=1S/C16H23BrN2O/c1-12(14-7-6-8-15(17)11-14)18-13(2)16(20)19-9-4-3-5-10-19/h6-8,11-13,18H,3-5,9-10H2,1-2H3/t12-,13?/m0/s1. The number of benzene rings is 1. The van der Waals surface area contributed by atoms with Gasteiger partial charge < -0.3 is 4.90 Å². The zero-order valence-corrected chi connectivity index (χ0v) is 13.8. The molecule has 0 spiro atoms. The van der Waals surface area contributed by atoms with E-state index in [0.29, 0.717) is 0 Å². The van der Waals surface area contributed by atoms with Crippen LogP contribution in [0.3, 0.4) is 0 Å². The Balaban J connectivity index is 1.92. The van der Waals surface area contributed by atoms with Gasteiger partial charge >= 0.3 is 0 Å². The molecular weight excluding hydrogens is 316 g/mol. The minimum atomic E-state index is -0.137. The minimum absolute atomic E-state index is 0.137. The highest BCUT2D eigenvalue weighted by atomic mass is 79.9. The molecular formula is C16H23BrN2O. The average molecular weight is 339 g/mol. The summed E-state index contributed by atoms with van der Waals surface area (Å²) in [6, 6.07) is 8.24. The van der Waals surface area contributed by atoms with Crippen LogP contribution in [0, 0.1) is 0 Å². The van der Waals surface area contributed by atoms with Crippen molar-refractivity contribution in [1.29, 1.82) is 0 Å². The summed E-state index contributed by atoms with van der Waals surface area (Å²) in [5.41, 5.74) is 1.19. The number of amides is 1. The van der Waals surface area contributed by atoms with Crippen molar-refractivity contribution in [2.45, 2.75) is 45.2 Å². The molecule has 20 heavy (non-hydrogen) atoms. The summed E-state index contributed by atoms with van der Waals surface area (Å²) < 4.78 is 1.07. The second kappa shape index (κ2) is 7.23. The van der Waals surface area contributed by atoms with Gasteiger partial charge in [-0.2, -0.15) is 0 Å². The van der Waals surface area contributed by atoms with Crippen molar-refractivity contribution < 1.29 is 4.79 Å². The summed E-state index contributed by atoms with van der Waals surface area (Å²) in [4.78, 5) is 14.4. The number of piperidine rings is 1. The van der Waals surface area contributed by atoms with Gasteiger partial charge in [-0.05, 0) is 50.8 Å². The summed E-state index contributed by atoms with van der Waals surface area (Å²) in [6.45, 7) is 5.89. The van der Waals surface area contributed by atoms with Crippen LogP contribution in [0.25, 0.3) is 0 Å². The Morgan fingerprint density at radius 1 is 1.25 bits per heavy atom. The van der Waals surface area contributed by atoms with Gasteiger partial charge in [0.25, 0.3) is 0 Å². The molecule has 0 aliphatic carbocycles. The van der Waals surface area contributed by atoms with Crippen LogP contribution in [0.5, 0.6) is 0 Å². The molecule has 0 aromatic heterocycles. The number of hydrogen-bond acceptors (Lipinski definition) is 2. The summed E-state index contributed by atoms with van der Waals surface area (Å²) in [6.07, 6.45) is 3.53. The molecule has 1 saturated heterocycles. The van der Waals surface area contributed by atoms with E-state index in [0.717, 1.165) is 30.4 Å². The number of halogens is 1. The van der Waals surface area contributed by atoms with Crippen molar-refractivity contribution >= 4 is 21.8 Å². The molecule has 1 N–H and O–H groups in total. The first-order valence-corrected chi connectivity index (χ1v) is 8.17. The SMILES string of the molecule is CC(N[C@@H](C)c1cccc(Br)c1)C(=O)N1CCCCC1. The van der Waals surface area contributed by atoms with Gasteiger partial charge in [0.15, 0.2) is 0 Å². The molecule has 1 aliphatic heterocycles. The van der Waals surface area contributed by atoms with E-state index in [1.54, 1.807) is 0 Å². The van der Waals surface area contributed by atoms with E-state index in [1.807, 2.05) is 24.0 Å². The molecule has 0 radical (unpaired) electrons. The van der Waals surface area contributed by atoms with Gasteiger partial charge in [-0.1, -0.05) is 28.1 Å². The molecule has 3 nitrogen and oxygen atoms in total. The molecule has 1 heterocycles. The summed E-state index contributed by atoms with van der Waals surface area (Å²) in [7, 11) is 0. The van der Waals surface area contributed by atoms with Crippen molar-refractivity contribution in [1.82, 2.24) is 10.2 Å². The predicted octanol–water partition coefficient (Wildman–Crippen LogP) is 3.50. The maximum absolute atomic E-state index is 12.4. The number of likely N-dealkylation sites (tertiary alicyclic amines) is 1. The van der Waals surface area contributed by atoms with Crippen molar-refractivity contribution in [2.75, 3.05) is 13.1 Å². The van der Waals surface area contributed by atoms with Crippen LogP contribution in [-0.2, 0) is 4.79 Å². The lowest BCUT2D eigenvalue weighted by molar-refractivity contribution is -0.134. The van der Waals surface area contributed by atoms with E-state index in [1.165, 1.54) is 12.0 Å². The Morgan fingerprint density at radius 3 is 2.60 bits per heavy atom. The van der Waals surface area contributed by atoms with E-state index in [9.17, 15) is 4.79 Å². The largest absolute Gasteiger partial charge is 0.341 e. The van der Waals surface area contributed by atoms with Gasteiger partial charge in [0, 0.05) is 23.6 Å². The van der Waals surface area contributed by atoms with Gasteiger partial charge in [-0.3, -0.25) is 10.1 Å². The van der Waals surface area contributed by atoms with Crippen molar-refractivity contribution in [2.24, 2.45) is 0 Å². The topological polar surface area (TPSA) is 32.3 Å². The van der Waals surface area contributed by atoms with Gasteiger partial charge in [0.1, 0.15) is 0 Å². The summed E-state index contributed by atoms with van der Waals surface area (Å²) >= 11 is 3.49. The van der Waals surface area contributed by atoms with Crippen LogP contribution in [0.1, 0.15) is 44.7 Å². The molecule has 4 heteroatoms. The lowest BCUT2D eigenvalue weighted by atomic mass is 10.1. The number of rotatable bonds is 4. The predicted molar refractivity (Wildman–Crippen MR) is 85.6 cm³/mol. The molecule has 2 atom stereocenters. The number of nitrogens with zero attached hydrogens (tertiary/aromatic N) is 1. The fourth-order valence-electron chi connectivity index (χ4n) is 2.71. The fourth-order valence-corrected chi connectivity index (χ4v) is 3.12. The highest BCUT2D eigenvalue weighted by Crippen LogP contribution is 2.19. The van der Waals surface area contributed by atoms with E-state index in [4.69, 9.17) is 0 Å². The Kier molecular flexibility index (Phi) is 5.61. The van der Waals surface area contributed by atoms with Crippen molar-refractivity contribution in [3.63, 3.8) is 0 Å². The monoisotopic (exact) mass is 338 g/mol. The number of hydrogen-bond donors (Lipinski definition) is 1. The Hall–Kier alpha value is -0.870. The van der Waals surface area contributed by atoms with Gasteiger partial charge in [0.2, 0.25) is 5.91 Å². The van der Waals surface area contributed by atoms with Gasteiger partial charge in [-0.15, -0.1) is 0 Å². The second-order valence-corrected chi connectivity index (χ2v) is 6.47. The lowest BCUT2D eigenvalue weighted by Gasteiger charge is -2.30. The second-order valence-electron chi connectivity index (χ2n) is 5.55. The van der Waals surface area contributed by atoms with E-state index in [-0.39, 0.29) is 18.0 Å². The molecule has 110 valence electrons. The maximum atomic E-state index is 12.4. The Labute approximate surface area is 129 Å². The van der Waals surface area contributed by atoms with Crippen LogP contribution >= 0.6 is 15.9 Å². The Bertz CT molecular complexity index is 458. The lowest BCUT2D eigenvalue weighted by Crippen LogP contribution is -2.47. The van der Waals surface area contributed by atoms with Gasteiger partial charge in [-0.25, -0.2) is 0 Å². The smallest absolute Gasteiger partial charge is 0.239 e. The highest BCUT2D eigenvalue weighted by Gasteiger charge is 2.23. The third-order valence-corrected chi connectivity index (χ3v) is 4.38. The Morgan fingerprint density at radius 2 is 1.95 bits per heavy atom. The third kappa shape index (κ3) is 4.06. The third-order valence-electron chi connectivity index (χ3n) is 3.89. The minimum Gasteiger partial charge on any atom is -0.341 e. The first kappa shape index (κ1) is 15.5. The maximum Gasteiger partial charge on any atom is 0.239 e. The van der Waals surface area contributed by atoms with Crippen LogP contribution in [-0.4, -0.2) is 29.9 Å². The summed E-state index contributed by atoms with van der Waals surface area (Å²) in [5.74, 6) is 0.228. The quantitative estimate of drug-likeness (QED) is 0.911. The summed E-state index contributed by atoms with van der Waals surface area (Å²) in [5, 5.41) is 3.41. The van der Waals surface area contributed by atoms with Crippen LogP contribution in [0.4, 0.5) is 0 Å². The van der Waals surface area contributed by atoms with E-state index in [2.05, 4.69) is 40.3 Å². The molecule has 1 amide bonds. The normalized spacial score (nSPS) is 18.6. The molecule has 1 unspecified atom stereocenters. The van der Waals surface area contributed by atoms with Crippen LogP contribution < -0.4 is 5.32 Å². The fraction of sp³-hybridized carbons (Fsp3) is 0.562. The average Bonchev–Trinajstić information content (AvgIpc) is 2.47. The zero-order chi connectivity index (χ0) is 14.5. The first-order valence-electron chi connectivity index (χ1n) is 7.38. The zero-order valence-electron chi connectivity index (χ0n) is 12.2.